The van der Waals surface area contributed by atoms with Crippen molar-refractivity contribution in [3.8, 4) is 0 Å². The Morgan fingerprint density at radius 2 is 2.21 bits per heavy atom. The molecule has 0 aromatic carbocycles. The number of aryl methyl sites for hydroxylation is 1. The smallest absolute Gasteiger partial charge is 0.208 e. The van der Waals surface area contributed by atoms with Gasteiger partial charge in [-0.25, -0.2) is 13.1 Å². The highest BCUT2D eigenvalue weighted by molar-refractivity contribution is 7.88. The van der Waals surface area contributed by atoms with Crippen molar-refractivity contribution in [1.82, 2.24) is 24.0 Å². The lowest BCUT2D eigenvalue weighted by atomic mass is 10.1. The maximum Gasteiger partial charge on any atom is 0.208 e. The van der Waals surface area contributed by atoms with Crippen LogP contribution in [0.4, 0.5) is 0 Å². The molecule has 3 rings (SSSR count). The van der Waals surface area contributed by atoms with Crippen molar-refractivity contribution in [1.29, 1.82) is 0 Å². The molecule has 2 aromatic rings. The normalized spacial score (nSPS) is 19.2. The van der Waals surface area contributed by atoms with E-state index in [0.29, 0.717) is 12.5 Å². The fourth-order valence-electron chi connectivity index (χ4n) is 3.33. The Morgan fingerprint density at radius 3 is 2.92 bits per heavy atom. The Balaban J connectivity index is 1.68. The molecule has 0 aliphatic carbocycles. The van der Waals surface area contributed by atoms with Gasteiger partial charge in [0.15, 0.2) is 0 Å². The average Bonchev–Trinajstić information content (AvgIpc) is 3.03. The molecule has 0 radical (unpaired) electrons. The number of hydrogen-bond donors (Lipinski definition) is 1. The van der Waals surface area contributed by atoms with Gasteiger partial charge >= 0.3 is 0 Å². The van der Waals surface area contributed by atoms with Gasteiger partial charge in [0, 0.05) is 63.4 Å². The second-order valence-electron chi connectivity index (χ2n) is 6.66. The summed E-state index contributed by atoms with van der Waals surface area (Å²) in [5.74, 6) is 0.407. The predicted octanol–water partition coefficient (Wildman–Crippen LogP) is 0.793. The third-order valence-corrected chi connectivity index (χ3v) is 5.09. The quantitative estimate of drug-likeness (QED) is 0.835. The Morgan fingerprint density at radius 1 is 1.38 bits per heavy atom. The summed E-state index contributed by atoms with van der Waals surface area (Å²) in [7, 11) is -1.20. The molecule has 2 aromatic heterocycles. The van der Waals surface area contributed by atoms with E-state index in [1.165, 1.54) is 17.5 Å². The van der Waals surface area contributed by atoms with E-state index < -0.39 is 10.0 Å². The van der Waals surface area contributed by atoms with Crippen LogP contribution in [0, 0.1) is 5.92 Å². The first-order valence-corrected chi connectivity index (χ1v) is 10.1. The number of hydrogen-bond acceptors (Lipinski definition) is 4. The van der Waals surface area contributed by atoms with Gasteiger partial charge in [0.1, 0.15) is 0 Å². The van der Waals surface area contributed by atoms with E-state index in [-0.39, 0.29) is 0 Å². The molecular formula is C16H25N5O2S. The zero-order valence-corrected chi connectivity index (χ0v) is 15.0. The molecule has 8 heteroatoms. The first-order valence-electron chi connectivity index (χ1n) is 8.17. The monoisotopic (exact) mass is 351 g/mol. The molecular weight excluding hydrogens is 326 g/mol. The minimum atomic E-state index is -3.12. The van der Waals surface area contributed by atoms with Gasteiger partial charge in [0.2, 0.25) is 10.0 Å². The first-order chi connectivity index (χ1) is 11.4. The minimum absolute atomic E-state index is 0.407. The molecule has 0 fully saturated rings. The predicted molar refractivity (Wildman–Crippen MR) is 92.7 cm³/mol. The summed E-state index contributed by atoms with van der Waals surface area (Å²) in [6, 6.07) is 4.24. The Kier molecular flexibility index (Phi) is 5.07. The SMILES string of the molecule is Cn1cc(CN2Cc3cccn3CC(CCNS(C)(=O)=O)C2)cn1. The number of nitrogens with one attached hydrogen (secondary N) is 1. The summed E-state index contributed by atoms with van der Waals surface area (Å²) in [5, 5.41) is 4.24. The first kappa shape index (κ1) is 17.2. The van der Waals surface area contributed by atoms with Gasteiger partial charge in [0.05, 0.1) is 12.5 Å². The number of fused-ring (bicyclic) bond motifs is 1. The summed E-state index contributed by atoms with van der Waals surface area (Å²) >= 11 is 0. The van der Waals surface area contributed by atoms with Gasteiger partial charge in [0.25, 0.3) is 0 Å². The largest absolute Gasteiger partial charge is 0.350 e. The summed E-state index contributed by atoms with van der Waals surface area (Å²) in [5.41, 5.74) is 2.50. The van der Waals surface area contributed by atoms with E-state index in [2.05, 4.69) is 37.6 Å². The highest BCUT2D eigenvalue weighted by Gasteiger charge is 2.22. The highest BCUT2D eigenvalue weighted by Crippen LogP contribution is 2.20. The topological polar surface area (TPSA) is 72.2 Å². The van der Waals surface area contributed by atoms with Crippen molar-refractivity contribution in [3.05, 3.63) is 42.0 Å². The molecule has 0 amide bonds. The third kappa shape index (κ3) is 4.68. The second-order valence-corrected chi connectivity index (χ2v) is 8.50. The standard InChI is InChI=1S/C16H25N5O2S/c1-19-9-15(8-17-19)11-20-10-14(5-6-18-24(2,22)23)12-21-7-3-4-16(21)13-20/h3-4,7-9,14,18H,5-6,10-13H2,1-2H3. The minimum Gasteiger partial charge on any atom is -0.350 e. The molecule has 7 nitrogen and oxygen atoms in total. The van der Waals surface area contributed by atoms with Crippen LogP contribution in [0.25, 0.3) is 0 Å². The highest BCUT2D eigenvalue weighted by atomic mass is 32.2. The summed E-state index contributed by atoms with van der Waals surface area (Å²) in [6.07, 6.45) is 8.10. The fraction of sp³-hybridized carbons (Fsp3) is 0.562. The average molecular weight is 351 g/mol. The maximum atomic E-state index is 11.3. The third-order valence-electron chi connectivity index (χ3n) is 4.36. The van der Waals surface area contributed by atoms with E-state index in [1.54, 1.807) is 0 Å². The number of aromatic nitrogens is 3. The van der Waals surface area contributed by atoms with Gasteiger partial charge in [-0.2, -0.15) is 5.10 Å². The van der Waals surface area contributed by atoms with Crippen LogP contribution in [0.1, 0.15) is 17.7 Å². The fourth-order valence-corrected chi connectivity index (χ4v) is 3.82. The summed E-state index contributed by atoms with van der Waals surface area (Å²) in [6.45, 7) is 4.12. The van der Waals surface area contributed by atoms with Crippen LogP contribution in [-0.2, 0) is 36.7 Å². The lowest BCUT2D eigenvalue weighted by Gasteiger charge is -2.23. The molecule has 0 saturated heterocycles. The van der Waals surface area contributed by atoms with Gasteiger partial charge in [-0.3, -0.25) is 9.58 Å². The van der Waals surface area contributed by atoms with Crippen molar-refractivity contribution < 1.29 is 8.42 Å². The van der Waals surface area contributed by atoms with Crippen molar-refractivity contribution in [2.24, 2.45) is 13.0 Å². The molecule has 0 saturated carbocycles. The molecule has 0 spiro atoms. The molecule has 1 unspecified atom stereocenters. The summed E-state index contributed by atoms with van der Waals surface area (Å²) in [4.78, 5) is 2.42. The summed E-state index contributed by atoms with van der Waals surface area (Å²) < 4.78 is 29.3. The molecule has 1 aliphatic rings. The van der Waals surface area contributed by atoms with Crippen molar-refractivity contribution in [2.75, 3.05) is 19.3 Å². The van der Waals surface area contributed by atoms with E-state index >= 15 is 0 Å². The zero-order valence-electron chi connectivity index (χ0n) is 14.2. The van der Waals surface area contributed by atoms with E-state index in [1.807, 2.05) is 24.1 Å². The number of nitrogens with zero attached hydrogens (tertiary/aromatic N) is 4. The van der Waals surface area contributed by atoms with E-state index in [0.717, 1.165) is 32.6 Å². The molecule has 132 valence electrons. The number of sulfonamides is 1. The van der Waals surface area contributed by atoms with E-state index in [9.17, 15) is 8.42 Å². The zero-order chi connectivity index (χ0) is 17.2. The van der Waals surface area contributed by atoms with Crippen LogP contribution in [0.2, 0.25) is 0 Å². The van der Waals surface area contributed by atoms with Gasteiger partial charge in [-0.05, 0) is 24.5 Å². The molecule has 1 atom stereocenters. The second kappa shape index (κ2) is 7.08. The Labute approximate surface area is 143 Å². The van der Waals surface area contributed by atoms with Crippen molar-refractivity contribution >= 4 is 10.0 Å². The van der Waals surface area contributed by atoms with Crippen molar-refractivity contribution in [3.63, 3.8) is 0 Å². The Hall–Kier alpha value is -1.64. The van der Waals surface area contributed by atoms with Crippen molar-refractivity contribution in [2.45, 2.75) is 26.1 Å². The van der Waals surface area contributed by atoms with Crippen LogP contribution in [0.15, 0.2) is 30.7 Å². The lowest BCUT2D eigenvalue weighted by molar-refractivity contribution is 0.216. The molecule has 24 heavy (non-hydrogen) atoms. The van der Waals surface area contributed by atoms with E-state index in [4.69, 9.17) is 0 Å². The van der Waals surface area contributed by atoms with Crippen LogP contribution in [0.5, 0.6) is 0 Å². The van der Waals surface area contributed by atoms with Crippen LogP contribution in [-0.4, -0.2) is 47.0 Å². The lowest BCUT2D eigenvalue weighted by Crippen LogP contribution is -2.31. The molecule has 0 bridgehead atoms. The molecule has 1 aliphatic heterocycles. The van der Waals surface area contributed by atoms with Crippen LogP contribution >= 0.6 is 0 Å². The Bertz CT molecular complexity index is 780. The van der Waals surface area contributed by atoms with Gasteiger partial charge in [-0.1, -0.05) is 0 Å². The maximum absolute atomic E-state index is 11.3. The van der Waals surface area contributed by atoms with Gasteiger partial charge < -0.3 is 4.57 Å². The molecule has 1 N–H and O–H groups in total. The van der Waals surface area contributed by atoms with Gasteiger partial charge in [-0.15, -0.1) is 0 Å². The van der Waals surface area contributed by atoms with Crippen LogP contribution in [0.3, 0.4) is 0 Å². The van der Waals surface area contributed by atoms with Crippen LogP contribution < -0.4 is 4.72 Å². The number of rotatable bonds is 6. The molecule has 3 heterocycles.